The number of furan rings is 1. The minimum Gasteiger partial charge on any atom is -0.459 e. The molecule has 0 aliphatic rings. The maximum absolute atomic E-state index is 11.6. The van der Waals surface area contributed by atoms with Gasteiger partial charge in [-0.15, -0.1) is 5.10 Å². The molecule has 0 saturated heterocycles. The molecule has 0 saturated carbocycles. The van der Waals surface area contributed by atoms with E-state index in [1.54, 1.807) is 32.9 Å². The highest BCUT2D eigenvalue weighted by atomic mass is 16.6. The summed E-state index contributed by atoms with van der Waals surface area (Å²) >= 11 is 0. The average Bonchev–Trinajstić information content (AvgIpc) is 2.85. The van der Waals surface area contributed by atoms with Crippen LogP contribution in [0.4, 0.5) is 0 Å². The van der Waals surface area contributed by atoms with Crippen LogP contribution >= 0.6 is 0 Å². The summed E-state index contributed by atoms with van der Waals surface area (Å²) in [6.07, 6.45) is 1.43. The largest absolute Gasteiger partial charge is 0.459 e. The molecule has 0 fully saturated rings. The maximum Gasteiger partial charge on any atom is 0.438 e. The SMILES string of the molecule is CC(C)(C)OC(=O)Cn1nc(-c2ccco2)oc1=O. The fraction of sp³-hybridized carbons (Fsp3) is 0.417. The number of aromatic nitrogens is 2. The molecule has 7 nitrogen and oxygen atoms in total. The fourth-order valence-corrected chi connectivity index (χ4v) is 1.40. The standard InChI is InChI=1S/C12H14N2O5/c1-12(2,3)19-9(15)7-14-11(16)18-10(13-14)8-5-4-6-17-8/h4-6H,7H2,1-3H3. The highest BCUT2D eigenvalue weighted by Gasteiger charge is 2.19. The van der Waals surface area contributed by atoms with Gasteiger partial charge in [-0.05, 0) is 32.9 Å². The second-order valence-corrected chi connectivity index (χ2v) is 4.89. The van der Waals surface area contributed by atoms with Crippen LogP contribution in [0.3, 0.4) is 0 Å². The molecule has 2 aromatic rings. The van der Waals surface area contributed by atoms with Crippen molar-refractivity contribution in [3.8, 4) is 11.7 Å². The topological polar surface area (TPSA) is 87.5 Å². The van der Waals surface area contributed by atoms with Crippen LogP contribution in [0.1, 0.15) is 20.8 Å². The van der Waals surface area contributed by atoms with E-state index in [9.17, 15) is 9.59 Å². The van der Waals surface area contributed by atoms with Crippen LogP contribution in [-0.4, -0.2) is 21.4 Å². The van der Waals surface area contributed by atoms with E-state index in [-0.39, 0.29) is 12.4 Å². The van der Waals surface area contributed by atoms with Crippen molar-refractivity contribution in [1.82, 2.24) is 9.78 Å². The third-order valence-corrected chi connectivity index (χ3v) is 2.04. The van der Waals surface area contributed by atoms with Crippen molar-refractivity contribution in [3.05, 3.63) is 28.9 Å². The Balaban J connectivity index is 2.14. The predicted molar refractivity (Wildman–Crippen MR) is 64.3 cm³/mol. The average molecular weight is 266 g/mol. The van der Waals surface area contributed by atoms with Gasteiger partial charge >= 0.3 is 11.7 Å². The Labute approximate surface area is 108 Å². The van der Waals surface area contributed by atoms with Crippen molar-refractivity contribution in [3.63, 3.8) is 0 Å². The monoisotopic (exact) mass is 266 g/mol. The quantitative estimate of drug-likeness (QED) is 0.781. The van der Waals surface area contributed by atoms with Crippen molar-refractivity contribution in [2.75, 3.05) is 0 Å². The minimum atomic E-state index is -0.739. The van der Waals surface area contributed by atoms with Crippen LogP contribution in [0.2, 0.25) is 0 Å². The van der Waals surface area contributed by atoms with Gasteiger partial charge < -0.3 is 13.6 Å². The van der Waals surface area contributed by atoms with Crippen molar-refractivity contribution in [2.24, 2.45) is 0 Å². The van der Waals surface area contributed by atoms with Gasteiger partial charge in [0.25, 0.3) is 5.89 Å². The number of nitrogens with zero attached hydrogens (tertiary/aromatic N) is 2. The summed E-state index contributed by atoms with van der Waals surface area (Å²) in [6, 6.07) is 3.24. The van der Waals surface area contributed by atoms with Crippen LogP contribution < -0.4 is 5.76 Å². The molecule has 19 heavy (non-hydrogen) atoms. The van der Waals surface area contributed by atoms with Gasteiger partial charge in [-0.3, -0.25) is 4.79 Å². The highest BCUT2D eigenvalue weighted by Crippen LogP contribution is 2.15. The first-order chi connectivity index (χ1) is 8.85. The molecule has 0 aliphatic carbocycles. The van der Waals surface area contributed by atoms with E-state index >= 15 is 0 Å². The highest BCUT2D eigenvalue weighted by molar-refractivity contribution is 5.69. The van der Waals surface area contributed by atoms with Crippen molar-refractivity contribution in [1.29, 1.82) is 0 Å². The Bertz CT molecular complexity index is 615. The molecule has 2 rings (SSSR count). The number of ether oxygens (including phenoxy) is 1. The minimum absolute atomic E-state index is 0.0264. The predicted octanol–water partition coefficient (Wildman–Crippen LogP) is 1.44. The van der Waals surface area contributed by atoms with Crippen molar-refractivity contribution >= 4 is 5.97 Å². The molecule has 0 aliphatic heterocycles. The zero-order chi connectivity index (χ0) is 14.0. The Morgan fingerprint density at radius 3 is 2.79 bits per heavy atom. The van der Waals surface area contributed by atoms with E-state index in [2.05, 4.69) is 5.10 Å². The number of esters is 1. The van der Waals surface area contributed by atoms with Gasteiger partial charge in [0.2, 0.25) is 0 Å². The lowest BCUT2D eigenvalue weighted by Crippen LogP contribution is -2.29. The molecule has 0 bridgehead atoms. The fourth-order valence-electron chi connectivity index (χ4n) is 1.40. The van der Waals surface area contributed by atoms with E-state index < -0.39 is 17.3 Å². The molecule has 0 radical (unpaired) electrons. The summed E-state index contributed by atoms with van der Waals surface area (Å²) in [5.74, 6) is -0.954. The van der Waals surface area contributed by atoms with Crippen molar-refractivity contribution < 1.29 is 18.4 Å². The van der Waals surface area contributed by atoms with E-state index in [4.69, 9.17) is 13.6 Å². The molecule has 2 heterocycles. The Morgan fingerprint density at radius 2 is 2.21 bits per heavy atom. The van der Waals surface area contributed by atoms with Gasteiger partial charge in [-0.25, -0.2) is 4.79 Å². The third-order valence-electron chi connectivity index (χ3n) is 2.04. The molecular formula is C12H14N2O5. The zero-order valence-corrected chi connectivity index (χ0v) is 10.9. The van der Waals surface area contributed by atoms with E-state index in [0.717, 1.165) is 4.68 Å². The first-order valence-electron chi connectivity index (χ1n) is 5.69. The summed E-state index contributed by atoms with van der Waals surface area (Å²) in [5.41, 5.74) is -0.617. The molecule has 7 heteroatoms. The molecular weight excluding hydrogens is 252 g/mol. The summed E-state index contributed by atoms with van der Waals surface area (Å²) in [4.78, 5) is 23.1. The van der Waals surface area contributed by atoms with Gasteiger partial charge in [0.15, 0.2) is 5.76 Å². The molecule has 0 atom stereocenters. The van der Waals surface area contributed by atoms with E-state index in [1.807, 2.05) is 0 Å². The van der Waals surface area contributed by atoms with E-state index in [1.165, 1.54) is 6.26 Å². The molecule has 0 unspecified atom stereocenters. The second-order valence-electron chi connectivity index (χ2n) is 4.89. The molecule has 0 N–H and O–H groups in total. The normalized spacial score (nSPS) is 11.5. The third kappa shape index (κ3) is 3.34. The van der Waals surface area contributed by atoms with Gasteiger partial charge in [0, 0.05) is 0 Å². The molecule has 102 valence electrons. The first-order valence-corrected chi connectivity index (χ1v) is 5.69. The summed E-state index contributed by atoms with van der Waals surface area (Å²) in [5, 5.41) is 3.87. The van der Waals surface area contributed by atoms with Crippen LogP contribution in [-0.2, 0) is 16.1 Å². The Morgan fingerprint density at radius 1 is 1.47 bits per heavy atom. The smallest absolute Gasteiger partial charge is 0.438 e. The van der Waals surface area contributed by atoms with Crippen LogP contribution in [0.15, 0.2) is 32.0 Å². The van der Waals surface area contributed by atoms with Crippen LogP contribution in [0.5, 0.6) is 0 Å². The molecule has 2 aromatic heterocycles. The number of carbonyl (C=O) groups is 1. The number of carbonyl (C=O) groups excluding carboxylic acids is 1. The van der Waals surface area contributed by atoms with Gasteiger partial charge in [0.1, 0.15) is 12.1 Å². The first kappa shape index (κ1) is 13.1. The Kier molecular flexibility index (Phi) is 3.28. The van der Waals surface area contributed by atoms with Gasteiger partial charge in [-0.1, -0.05) is 0 Å². The maximum atomic E-state index is 11.6. The zero-order valence-electron chi connectivity index (χ0n) is 10.9. The Hall–Kier alpha value is -2.31. The molecule has 0 amide bonds. The lowest BCUT2D eigenvalue weighted by Gasteiger charge is -2.18. The molecule has 0 spiro atoms. The number of hydrogen-bond acceptors (Lipinski definition) is 6. The summed E-state index contributed by atoms with van der Waals surface area (Å²) < 4.78 is 15.9. The summed E-state index contributed by atoms with van der Waals surface area (Å²) in [7, 11) is 0. The molecule has 0 aromatic carbocycles. The van der Waals surface area contributed by atoms with Crippen molar-refractivity contribution in [2.45, 2.75) is 32.9 Å². The second kappa shape index (κ2) is 4.75. The lowest BCUT2D eigenvalue weighted by molar-refractivity contribution is -0.155. The summed E-state index contributed by atoms with van der Waals surface area (Å²) in [6.45, 7) is 4.92. The number of rotatable bonds is 3. The van der Waals surface area contributed by atoms with Gasteiger partial charge in [0.05, 0.1) is 6.26 Å². The van der Waals surface area contributed by atoms with Crippen LogP contribution in [0, 0.1) is 0 Å². The number of hydrogen-bond donors (Lipinski definition) is 0. The lowest BCUT2D eigenvalue weighted by atomic mass is 10.2. The van der Waals surface area contributed by atoms with Crippen LogP contribution in [0.25, 0.3) is 11.7 Å². The van der Waals surface area contributed by atoms with Gasteiger partial charge in [-0.2, -0.15) is 4.68 Å². The van der Waals surface area contributed by atoms with E-state index in [0.29, 0.717) is 5.76 Å².